The Balaban J connectivity index is 1.78. The summed E-state index contributed by atoms with van der Waals surface area (Å²) in [7, 11) is 1.61. The highest BCUT2D eigenvalue weighted by Gasteiger charge is 2.30. The molecule has 0 aliphatic heterocycles. The van der Waals surface area contributed by atoms with Crippen LogP contribution in [0, 0.1) is 20.8 Å². The van der Waals surface area contributed by atoms with E-state index in [1.54, 1.807) is 13.2 Å². The van der Waals surface area contributed by atoms with Crippen molar-refractivity contribution in [2.75, 3.05) is 19.0 Å². The van der Waals surface area contributed by atoms with Gasteiger partial charge in [0.05, 0.1) is 30.7 Å². The summed E-state index contributed by atoms with van der Waals surface area (Å²) in [4.78, 5) is 0. The van der Waals surface area contributed by atoms with E-state index in [2.05, 4.69) is 20.1 Å². The van der Waals surface area contributed by atoms with E-state index in [0.29, 0.717) is 29.5 Å². The van der Waals surface area contributed by atoms with Crippen LogP contribution in [0.5, 0.6) is 11.5 Å². The first-order chi connectivity index (χ1) is 16.7. The molecule has 0 fully saturated rings. The van der Waals surface area contributed by atoms with Crippen molar-refractivity contribution in [3.8, 4) is 17.2 Å². The second-order valence-corrected chi connectivity index (χ2v) is 8.21. The van der Waals surface area contributed by atoms with Crippen molar-refractivity contribution in [3.63, 3.8) is 0 Å². The van der Waals surface area contributed by atoms with Gasteiger partial charge in [-0.1, -0.05) is 12.1 Å². The van der Waals surface area contributed by atoms with E-state index in [0.717, 1.165) is 45.7 Å². The fraction of sp³-hybridized carbons (Fsp3) is 0.308. The smallest absolute Gasteiger partial charge is 0.416 e. The lowest BCUT2D eigenvalue weighted by Crippen LogP contribution is -2.08. The molecule has 35 heavy (non-hydrogen) atoms. The number of ether oxygens (including phenoxy) is 2. The number of nitrogens with zero attached hydrogens (tertiary/aromatic N) is 3. The molecule has 0 spiro atoms. The third kappa shape index (κ3) is 4.62. The lowest BCUT2D eigenvalue weighted by Gasteiger charge is -2.15. The number of anilines is 1. The number of nitrogens with one attached hydrogen (secondary N) is 1. The zero-order chi connectivity index (χ0) is 25.3. The molecule has 9 heteroatoms. The van der Waals surface area contributed by atoms with E-state index >= 15 is 0 Å². The highest BCUT2D eigenvalue weighted by molar-refractivity contribution is 5.98. The average molecular weight is 485 g/mol. The Morgan fingerprint density at radius 1 is 0.971 bits per heavy atom. The number of fused-ring (bicyclic) bond motifs is 1. The summed E-state index contributed by atoms with van der Waals surface area (Å²) >= 11 is 0. The second kappa shape index (κ2) is 9.48. The van der Waals surface area contributed by atoms with Gasteiger partial charge >= 0.3 is 6.18 Å². The van der Waals surface area contributed by atoms with Crippen molar-refractivity contribution in [3.05, 3.63) is 70.7 Å². The lowest BCUT2D eigenvalue weighted by atomic mass is 10.1. The predicted octanol–water partition coefficient (Wildman–Crippen LogP) is 6.38. The largest absolute Gasteiger partial charge is 0.494 e. The highest BCUT2D eigenvalue weighted by Crippen LogP contribution is 2.38. The number of benzene rings is 2. The molecule has 0 bridgehead atoms. The monoisotopic (exact) mass is 484 g/mol. The number of halogens is 3. The van der Waals surface area contributed by atoms with Crippen LogP contribution in [0.1, 0.15) is 35.1 Å². The number of hydrogen-bond donors (Lipinski definition) is 1. The molecule has 0 amide bonds. The zero-order valence-corrected chi connectivity index (χ0v) is 20.2. The van der Waals surface area contributed by atoms with Crippen molar-refractivity contribution >= 4 is 16.6 Å². The molecule has 0 radical (unpaired) electrons. The molecule has 184 valence electrons. The first kappa shape index (κ1) is 24.4. The molecule has 0 saturated heterocycles. The summed E-state index contributed by atoms with van der Waals surface area (Å²) in [6.07, 6.45) is -4.39. The minimum atomic E-state index is -4.39. The van der Waals surface area contributed by atoms with Crippen LogP contribution in [0.2, 0.25) is 0 Å². The van der Waals surface area contributed by atoms with Gasteiger partial charge in [-0.3, -0.25) is 0 Å². The summed E-state index contributed by atoms with van der Waals surface area (Å²) in [6.45, 7) is 8.50. The van der Waals surface area contributed by atoms with Crippen molar-refractivity contribution in [2.24, 2.45) is 0 Å². The number of aryl methyl sites for hydroxylation is 3. The topological polar surface area (TPSA) is 61.2 Å². The zero-order valence-electron chi connectivity index (χ0n) is 20.2. The molecular formula is C26H27F3N4O2. The summed E-state index contributed by atoms with van der Waals surface area (Å²) in [5.41, 5.74) is 3.27. The second-order valence-electron chi connectivity index (χ2n) is 8.21. The molecule has 2 aromatic heterocycles. The minimum Gasteiger partial charge on any atom is -0.494 e. The van der Waals surface area contributed by atoms with Crippen molar-refractivity contribution in [2.45, 2.75) is 40.4 Å². The Bertz CT molecular complexity index is 1380. The Morgan fingerprint density at radius 2 is 1.71 bits per heavy atom. The third-order valence-corrected chi connectivity index (χ3v) is 5.96. The molecule has 0 aliphatic carbocycles. The SMILES string of the molecule is CCOc1ccc(-n2c(C)c3c(C)nnc(NCc4cccc(C(F)(F)F)c4)c3c2C)c(OC)c1. The van der Waals surface area contributed by atoms with Gasteiger partial charge in [0.2, 0.25) is 0 Å². The van der Waals surface area contributed by atoms with Crippen LogP contribution < -0.4 is 14.8 Å². The number of methoxy groups -OCH3 is 1. The standard InChI is InChI=1S/C26H27F3N4O2/c1-6-35-20-10-11-21(22(13-20)34-5)33-16(3)23-15(2)31-32-25(24(23)17(33)4)30-14-18-8-7-9-19(12-18)26(27,28)29/h7-13H,6,14H2,1-5H3,(H,30,32). The maximum atomic E-state index is 13.1. The van der Waals surface area contributed by atoms with Crippen LogP contribution in [0.15, 0.2) is 42.5 Å². The van der Waals surface area contributed by atoms with Gasteiger partial charge in [-0.05, 0) is 57.5 Å². The lowest BCUT2D eigenvalue weighted by molar-refractivity contribution is -0.137. The van der Waals surface area contributed by atoms with E-state index in [4.69, 9.17) is 9.47 Å². The van der Waals surface area contributed by atoms with Gasteiger partial charge in [-0.2, -0.15) is 18.3 Å². The van der Waals surface area contributed by atoms with Crippen LogP contribution in [-0.4, -0.2) is 28.5 Å². The van der Waals surface area contributed by atoms with Gasteiger partial charge in [0.1, 0.15) is 11.5 Å². The quantitative estimate of drug-likeness (QED) is 0.330. The van der Waals surface area contributed by atoms with Crippen LogP contribution in [-0.2, 0) is 12.7 Å². The van der Waals surface area contributed by atoms with E-state index in [-0.39, 0.29) is 6.54 Å². The maximum Gasteiger partial charge on any atom is 0.416 e. The number of aromatic nitrogens is 3. The van der Waals surface area contributed by atoms with Crippen molar-refractivity contribution < 1.29 is 22.6 Å². The minimum absolute atomic E-state index is 0.173. The third-order valence-electron chi connectivity index (χ3n) is 5.96. The van der Waals surface area contributed by atoms with Gasteiger partial charge in [-0.25, -0.2) is 0 Å². The molecule has 4 rings (SSSR count). The first-order valence-corrected chi connectivity index (χ1v) is 11.2. The molecule has 6 nitrogen and oxygen atoms in total. The van der Waals surface area contributed by atoms with Crippen LogP contribution >= 0.6 is 0 Å². The Kier molecular flexibility index (Phi) is 6.60. The molecule has 2 aromatic carbocycles. The molecule has 0 saturated carbocycles. The summed E-state index contributed by atoms with van der Waals surface area (Å²) < 4.78 is 52.7. The molecule has 4 aromatic rings. The van der Waals surface area contributed by atoms with Crippen molar-refractivity contribution in [1.29, 1.82) is 0 Å². The Labute approximate surface area is 201 Å². The van der Waals surface area contributed by atoms with Crippen LogP contribution in [0.4, 0.5) is 19.0 Å². The predicted molar refractivity (Wildman–Crippen MR) is 130 cm³/mol. The normalized spacial score (nSPS) is 11.7. The van der Waals surface area contributed by atoms with Crippen LogP contribution in [0.3, 0.4) is 0 Å². The van der Waals surface area contributed by atoms with E-state index < -0.39 is 11.7 Å². The van der Waals surface area contributed by atoms with Gasteiger partial charge in [0.15, 0.2) is 5.82 Å². The maximum absolute atomic E-state index is 13.1. The Hall–Kier alpha value is -3.75. The molecule has 1 N–H and O–H groups in total. The van der Waals surface area contributed by atoms with Gasteiger partial charge in [-0.15, -0.1) is 5.10 Å². The molecule has 2 heterocycles. The fourth-order valence-corrected chi connectivity index (χ4v) is 4.42. The molecule has 0 unspecified atom stereocenters. The number of rotatable bonds is 7. The summed E-state index contributed by atoms with van der Waals surface area (Å²) in [5, 5.41) is 13.6. The number of alkyl halides is 3. The van der Waals surface area contributed by atoms with Gasteiger partial charge < -0.3 is 19.4 Å². The van der Waals surface area contributed by atoms with E-state index in [1.165, 1.54) is 6.07 Å². The Morgan fingerprint density at radius 3 is 2.40 bits per heavy atom. The van der Waals surface area contributed by atoms with E-state index in [9.17, 15) is 13.2 Å². The molecular weight excluding hydrogens is 457 g/mol. The summed E-state index contributed by atoms with van der Waals surface area (Å²) in [5.74, 6) is 1.87. The number of hydrogen-bond acceptors (Lipinski definition) is 5. The van der Waals surface area contributed by atoms with Gasteiger partial charge in [0.25, 0.3) is 0 Å². The molecule has 0 aliphatic rings. The first-order valence-electron chi connectivity index (χ1n) is 11.2. The van der Waals surface area contributed by atoms with Gasteiger partial charge in [0, 0.05) is 34.8 Å². The van der Waals surface area contributed by atoms with E-state index in [1.807, 2.05) is 45.9 Å². The average Bonchev–Trinajstić information content (AvgIpc) is 3.09. The van der Waals surface area contributed by atoms with Crippen molar-refractivity contribution in [1.82, 2.24) is 14.8 Å². The van der Waals surface area contributed by atoms with Crippen LogP contribution in [0.25, 0.3) is 16.5 Å². The fourth-order valence-electron chi connectivity index (χ4n) is 4.42. The highest BCUT2D eigenvalue weighted by atomic mass is 19.4. The summed E-state index contributed by atoms with van der Waals surface area (Å²) in [6, 6.07) is 10.9. The molecule has 0 atom stereocenters.